The van der Waals surface area contributed by atoms with Gasteiger partial charge in [0.25, 0.3) is 0 Å². The van der Waals surface area contributed by atoms with Crippen LogP contribution in [0.15, 0.2) is 42.9 Å². The third-order valence-corrected chi connectivity index (χ3v) is 2.93. The third kappa shape index (κ3) is 2.70. The molecule has 5 nitrogen and oxygen atoms in total. The van der Waals surface area contributed by atoms with Crippen LogP contribution in [0.25, 0.3) is 11.0 Å². The molecule has 0 fully saturated rings. The molecule has 0 saturated carbocycles. The van der Waals surface area contributed by atoms with Crippen molar-refractivity contribution in [2.24, 2.45) is 7.05 Å². The highest BCUT2D eigenvalue weighted by Gasteiger charge is 2.00. The Balaban J connectivity index is 1.65. The molecular weight excluding hydrogens is 238 g/mol. The fourth-order valence-corrected chi connectivity index (χ4v) is 1.98. The monoisotopic (exact) mass is 253 g/mol. The molecule has 19 heavy (non-hydrogen) atoms. The molecule has 0 aliphatic carbocycles. The summed E-state index contributed by atoms with van der Waals surface area (Å²) < 4.78 is 1.81. The summed E-state index contributed by atoms with van der Waals surface area (Å²) in [5.41, 5.74) is 3.04. The summed E-state index contributed by atoms with van der Waals surface area (Å²) >= 11 is 0. The van der Waals surface area contributed by atoms with Crippen LogP contribution in [0.5, 0.6) is 0 Å². The first-order chi connectivity index (χ1) is 9.31. The molecule has 0 atom stereocenters. The first-order valence-corrected chi connectivity index (χ1v) is 6.24. The SMILES string of the molecule is Cn1cc(CCNc2cnc3ccccc3n2)cn1. The number of hydrogen-bond acceptors (Lipinski definition) is 4. The first kappa shape index (κ1) is 11.6. The lowest BCUT2D eigenvalue weighted by Crippen LogP contribution is -2.06. The summed E-state index contributed by atoms with van der Waals surface area (Å²) in [6.45, 7) is 0.818. The van der Waals surface area contributed by atoms with Crippen LogP contribution in [0, 0.1) is 0 Å². The van der Waals surface area contributed by atoms with Crippen molar-refractivity contribution in [3.63, 3.8) is 0 Å². The zero-order valence-electron chi connectivity index (χ0n) is 10.7. The Kier molecular flexibility index (Phi) is 3.10. The minimum absolute atomic E-state index is 0.808. The number of hydrogen-bond donors (Lipinski definition) is 1. The molecule has 96 valence electrons. The predicted molar refractivity (Wildman–Crippen MR) is 74.9 cm³/mol. The molecule has 1 aromatic carbocycles. The lowest BCUT2D eigenvalue weighted by molar-refractivity contribution is 0.767. The van der Waals surface area contributed by atoms with Crippen LogP contribution in [0.4, 0.5) is 5.82 Å². The van der Waals surface area contributed by atoms with Crippen LogP contribution in [-0.2, 0) is 13.5 Å². The van der Waals surface area contributed by atoms with Crippen LogP contribution in [0.3, 0.4) is 0 Å². The molecule has 0 unspecified atom stereocenters. The molecule has 2 aromatic heterocycles. The summed E-state index contributed by atoms with van der Waals surface area (Å²) in [6.07, 6.45) is 6.59. The normalized spacial score (nSPS) is 10.8. The van der Waals surface area contributed by atoms with Gasteiger partial charge in [0.15, 0.2) is 0 Å². The zero-order valence-corrected chi connectivity index (χ0v) is 10.7. The Morgan fingerprint density at radius 3 is 2.79 bits per heavy atom. The Hall–Kier alpha value is -2.43. The largest absolute Gasteiger partial charge is 0.368 e. The van der Waals surface area contributed by atoms with Crippen molar-refractivity contribution in [3.05, 3.63) is 48.4 Å². The highest BCUT2D eigenvalue weighted by molar-refractivity contribution is 5.75. The lowest BCUT2D eigenvalue weighted by Gasteiger charge is -2.05. The summed E-state index contributed by atoms with van der Waals surface area (Å²) in [7, 11) is 1.92. The summed E-state index contributed by atoms with van der Waals surface area (Å²) in [6, 6.07) is 7.86. The standard InChI is InChI=1S/C14H15N5/c1-19-10-11(8-17-19)6-7-15-14-9-16-12-4-2-3-5-13(12)18-14/h2-5,8-10H,6-7H2,1H3,(H,15,18). The molecule has 0 aliphatic rings. The second kappa shape index (κ2) is 5.06. The number of nitrogens with one attached hydrogen (secondary N) is 1. The second-order valence-corrected chi connectivity index (χ2v) is 4.44. The smallest absolute Gasteiger partial charge is 0.145 e. The number of aryl methyl sites for hydroxylation is 1. The van der Waals surface area contributed by atoms with Gasteiger partial charge in [0.2, 0.25) is 0 Å². The number of rotatable bonds is 4. The van der Waals surface area contributed by atoms with E-state index in [0.29, 0.717) is 0 Å². The van der Waals surface area contributed by atoms with E-state index in [0.717, 1.165) is 29.8 Å². The third-order valence-electron chi connectivity index (χ3n) is 2.93. The molecule has 0 bridgehead atoms. The summed E-state index contributed by atoms with van der Waals surface area (Å²) in [5.74, 6) is 0.808. The van der Waals surface area contributed by atoms with Crippen molar-refractivity contribution in [2.75, 3.05) is 11.9 Å². The van der Waals surface area contributed by atoms with E-state index >= 15 is 0 Å². The Morgan fingerprint density at radius 1 is 1.16 bits per heavy atom. The van der Waals surface area contributed by atoms with Gasteiger partial charge in [0, 0.05) is 19.8 Å². The average molecular weight is 253 g/mol. The van der Waals surface area contributed by atoms with Crippen molar-refractivity contribution in [2.45, 2.75) is 6.42 Å². The number of benzene rings is 1. The van der Waals surface area contributed by atoms with Crippen molar-refractivity contribution in [1.82, 2.24) is 19.7 Å². The van der Waals surface area contributed by atoms with Gasteiger partial charge in [0.05, 0.1) is 23.4 Å². The quantitative estimate of drug-likeness (QED) is 0.773. The van der Waals surface area contributed by atoms with Gasteiger partial charge in [-0.1, -0.05) is 12.1 Å². The molecule has 3 rings (SSSR count). The minimum atomic E-state index is 0.808. The van der Waals surface area contributed by atoms with Crippen molar-refractivity contribution >= 4 is 16.9 Å². The highest BCUT2D eigenvalue weighted by Crippen LogP contribution is 2.11. The van der Waals surface area contributed by atoms with Crippen LogP contribution in [-0.4, -0.2) is 26.3 Å². The predicted octanol–water partition coefficient (Wildman–Crippen LogP) is 2.02. The lowest BCUT2D eigenvalue weighted by atomic mass is 10.2. The number of para-hydroxylation sites is 2. The number of anilines is 1. The van der Waals surface area contributed by atoms with Gasteiger partial charge < -0.3 is 5.32 Å². The number of fused-ring (bicyclic) bond motifs is 1. The van der Waals surface area contributed by atoms with E-state index in [4.69, 9.17) is 0 Å². The van der Waals surface area contributed by atoms with Crippen LogP contribution < -0.4 is 5.32 Å². The number of nitrogens with zero attached hydrogens (tertiary/aromatic N) is 4. The van der Waals surface area contributed by atoms with Crippen molar-refractivity contribution in [3.8, 4) is 0 Å². The Labute approximate surface area is 111 Å². The van der Waals surface area contributed by atoms with Gasteiger partial charge >= 0.3 is 0 Å². The number of aromatic nitrogens is 4. The van der Waals surface area contributed by atoms with E-state index in [-0.39, 0.29) is 0 Å². The van der Waals surface area contributed by atoms with Crippen LogP contribution in [0.2, 0.25) is 0 Å². The van der Waals surface area contributed by atoms with E-state index in [2.05, 4.69) is 20.4 Å². The average Bonchev–Trinajstić information content (AvgIpc) is 2.84. The van der Waals surface area contributed by atoms with E-state index in [1.54, 1.807) is 6.20 Å². The van der Waals surface area contributed by atoms with Gasteiger partial charge in [-0.15, -0.1) is 0 Å². The topological polar surface area (TPSA) is 55.6 Å². The fourth-order valence-electron chi connectivity index (χ4n) is 1.98. The molecule has 0 saturated heterocycles. The maximum Gasteiger partial charge on any atom is 0.145 e. The molecule has 0 aliphatic heterocycles. The van der Waals surface area contributed by atoms with E-state index in [1.165, 1.54) is 5.56 Å². The highest BCUT2D eigenvalue weighted by atomic mass is 15.2. The van der Waals surface area contributed by atoms with E-state index in [9.17, 15) is 0 Å². The van der Waals surface area contributed by atoms with Gasteiger partial charge in [-0.25, -0.2) is 4.98 Å². The van der Waals surface area contributed by atoms with Crippen molar-refractivity contribution < 1.29 is 0 Å². The maximum absolute atomic E-state index is 4.52. The maximum atomic E-state index is 4.52. The summed E-state index contributed by atoms with van der Waals surface area (Å²) in [4.78, 5) is 8.89. The minimum Gasteiger partial charge on any atom is -0.368 e. The molecule has 3 aromatic rings. The molecule has 1 N–H and O–H groups in total. The van der Waals surface area contributed by atoms with Gasteiger partial charge in [-0.3, -0.25) is 9.67 Å². The van der Waals surface area contributed by atoms with Crippen LogP contribution >= 0.6 is 0 Å². The zero-order chi connectivity index (χ0) is 13.1. The molecule has 0 amide bonds. The van der Waals surface area contributed by atoms with Gasteiger partial charge in [0.1, 0.15) is 5.82 Å². The van der Waals surface area contributed by atoms with E-state index in [1.807, 2.05) is 48.4 Å². The first-order valence-electron chi connectivity index (χ1n) is 6.24. The molecular formula is C14H15N5. The van der Waals surface area contributed by atoms with E-state index < -0.39 is 0 Å². The summed E-state index contributed by atoms with van der Waals surface area (Å²) in [5, 5.41) is 7.43. The Bertz CT molecular complexity index is 689. The molecule has 5 heteroatoms. The second-order valence-electron chi connectivity index (χ2n) is 4.44. The molecule has 0 radical (unpaired) electrons. The van der Waals surface area contributed by atoms with Gasteiger partial charge in [-0.05, 0) is 24.1 Å². The van der Waals surface area contributed by atoms with Crippen molar-refractivity contribution in [1.29, 1.82) is 0 Å². The molecule has 2 heterocycles. The van der Waals surface area contributed by atoms with Gasteiger partial charge in [-0.2, -0.15) is 5.10 Å². The van der Waals surface area contributed by atoms with Crippen LogP contribution in [0.1, 0.15) is 5.56 Å². The fraction of sp³-hybridized carbons (Fsp3) is 0.214. The molecule has 0 spiro atoms. The Morgan fingerprint density at radius 2 is 2.00 bits per heavy atom.